The molecule has 1 N–H and O–H groups in total. The van der Waals surface area contributed by atoms with Crippen LogP contribution in [0.5, 0.6) is 0 Å². The fraction of sp³-hybridized carbons (Fsp3) is 0.200. The molecule has 0 bridgehead atoms. The van der Waals surface area contributed by atoms with Gasteiger partial charge in [-0.15, -0.1) is 0 Å². The van der Waals surface area contributed by atoms with Crippen LogP contribution < -0.4 is 5.69 Å². The van der Waals surface area contributed by atoms with Crippen molar-refractivity contribution in [1.82, 2.24) is 24.4 Å². The molecule has 43 heavy (non-hydrogen) atoms. The molecule has 0 atom stereocenters. The Bertz CT molecular complexity index is 1990. The first kappa shape index (κ1) is 26.8. The molecule has 0 radical (unpaired) electrons. The minimum absolute atomic E-state index is 0.0272. The zero-order valence-corrected chi connectivity index (χ0v) is 23.9. The Morgan fingerprint density at radius 1 is 0.837 bits per heavy atom. The first-order chi connectivity index (χ1) is 21.1. The number of methoxy groups -OCH3 is 1. The third-order valence-corrected chi connectivity index (χ3v) is 8.33. The standard InChI is InChI=1S/C35H31N5O3/c1-43-34(41)27-10-7-12-29-33(27)38-32(31(36-29)24-8-3-2-4-9-24)25-16-14-23(15-17-25)22-39-20-18-26(19-21-39)40-30-13-6-5-11-28(30)37-35(40)42/h2-17,26H,18-22H2,1H3,(H,37,42). The molecule has 1 saturated heterocycles. The average molecular weight is 570 g/mol. The zero-order chi connectivity index (χ0) is 29.3. The number of rotatable bonds is 6. The van der Waals surface area contributed by atoms with Crippen LogP contribution in [0.25, 0.3) is 44.6 Å². The van der Waals surface area contributed by atoms with E-state index in [1.807, 2.05) is 65.2 Å². The number of imidazole rings is 1. The summed E-state index contributed by atoms with van der Waals surface area (Å²) in [5.74, 6) is -0.438. The number of piperidine rings is 1. The van der Waals surface area contributed by atoms with Gasteiger partial charge in [0.05, 0.1) is 40.6 Å². The quantitative estimate of drug-likeness (QED) is 0.239. The second-order valence-corrected chi connectivity index (χ2v) is 11.0. The number of fused-ring (bicyclic) bond motifs is 2. The number of carbonyl (C=O) groups excluding carboxylic acids is 1. The van der Waals surface area contributed by atoms with Gasteiger partial charge in [-0.3, -0.25) is 9.47 Å². The number of para-hydroxylation sites is 3. The van der Waals surface area contributed by atoms with Crippen molar-refractivity contribution in [3.05, 3.63) is 119 Å². The molecule has 1 fully saturated rings. The molecule has 0 unspecified atom stereocenters. The predicted molar refractivity (Wildman–Crippen MR) is 168 cm³/mol. The normalized spacial score (nSPS) is 14.3. The van der Waals surface area contributed by atoms with Crippen molar-refractivity contribution in [2.75, 3.05) is 20.2 Å². The summed E-state index contributed by atoms with van der Waals surface area (Å²) in [5, 5.41) is 0. The molecule has 6 aromatic rings. The monoisotopic (exact) mass is 569 g/mol. The Kier molecular flexibility index (Phi) is 7.04. The van der Waals surface area contributed by atoms with Gasteiger partial charge in [-0.05, 0) is 42.7 Å². The summed E-state index contributed by atoms with van der Waals surface area (Å²) in [6.45, 7) is 2.67. The molecule has 0 saturated carbocycles. The van der Waals surface area contributed by atoms with Gasteiger partial charge in [0.25, 0.3) is 0 Å². The van der Waals surface area contributed by atoms with E-state index in [9.17, 15) is 9.59 Å². The van der Waals surface area contributed by atoms with E-state index in [2.05, 4.69) is 34.1 Å². The van der Waals surface area contributed by atoms with Crippen molar-refractivity contribution < 1.29 is 9.53 Å². The molecule has 2 aromatic heterocycles. The second-order valence-electron chi connectivity index (χ2n) is 11.0. The Morgan fingerprint density at radius 3 is 2.30 bits per heavy atom. The van der Waals surface area contributed by atoms with E-state index in [0.717, 1.165) is 60.3 Å². The molecule has 4 aromatic carbocycles. The highest BCUT2D eigenvalue weighted by Gasteiger charge is 2.24. The summed E-state index contributed by atoms with van der Waals surface area (Å²) in [7, 11) is 1.37. The summed E-state index contributed by atoms with van der Waals surface area (Å²) >= 11 is 0. The van der Waals surface area contributed by atoms with Crippen LogP contribution in [0.2, 0.25) is 0 Å². The summed E-state index contributed by atoms with van der Waals surface area (Å²) in [6.07, 6.45) is 1.85. The Morgan fingerprint density at radius 2 is 1.53 bits per heavy atom. The Balaban J connectivity index is 1.14. The molecular formula is C35H31N5O3. The highest BCUT2D eigenvalue weighted by atomic mass is 16.5. The number of esters is 1. The van der Waals surface area contributed by atoms with Gasteiger partial charge in [0.1, 0.15) is 5.52 Å². The van der Waals surface area contributed by atoms with Gasteiger partial charge >= 0.3 is 11.7 Å². The minimum Gasteiger partial charge on any atom is -0.465 e. The predicted octanol–water partition coefficient (Wildman–Crippen LogP) is 6.23. The minimum atomic E-state index is -0.438. The molecule has 1 aliphatic heterocycles. The van der Waals surface area contributed by atoms with Gasteiger partial charge in [-0.25, -0.2) is 19.6 Å². The van der Waals surface area contributed by atoms with Crippen LogP contribution in [0.1, 0.15) is 34.8 Å². The summed E-state index contributed by atoms with van der Waals surface area (Å²) < 4.78 is 6.95. The number of likely N-dealkylation sites (tertiary alicyclic amines) is 1. The van der Waals surface area contributed by atoms with Gasteiger partial charge in [-0.2, -0.15) is 0 Å². The lowest BCUT2D eigenvalue weighted by molar-refractivity contribution is 0.0602. The first-order valence-corrected chi connectivity index (χ1v) is 14.5. The van der Waals surface area contributed by atoms with Crippen LogP contribution >= 0.6 is 0 Å². The topological polar surface area (TPSA) is 93.1 Å². The van der Waals surface area contributed by atoms with Crippen molar-refractivity contribution in [3.8, 4) is 22.5 Å². The third-order valence-electron chi connectivity index (χ3n) is 8.33. The van der Waals surface area contributed by atoms with Gasteiger partial charge in [0.15, 0.2) is 0 Å². The van der Waals surface area contributed by atoms with E-state index >= 15 is 0 Å². The molecule has 0 aliphatic carbocycles. The lowest BCUT2D eigenvalue weighted by Gasteiger charge is -2.32. The highest BCUT2D eigenvalue weighted by Crippen LogP contribution is 2.33. The molecule has 0 amide bonds. The fourth-order valence-corrected chi connectivity index (χ4v) is 6.15. The van der Waals surface area contributed by atoms with Crippen LogP contribution in [0.4, 0.5) is 0 Å². The number of nitrogens with zero attached hydrogens (tertiary/aromatic N) is 4. The molecular weight excluding hydrogens is 538 g/mol. The lowest BCUT2D eigenvalue weighted by Crippen LogP contribution is -2.36. The average Bonchev–Trinajstić information content (AvgIpc) is 3.40. The van der Waals surface area contributed by atoms with Gasteiger partial charge in [-0.1, -0.05) is 72.8 Å². The Labute approximate surface area is 248 Å². The van der Waals surface area contributed by atoms with Crippen molar-refractivity contribution in [2.24, 2.45) is 0 Å². The van der Waals surface area contributed by atoms with Gasteiger partial charge in [0.2, 0.25) is 0 Å². The number of aromatic amines is 1. The number of carbonyl (C=O) groups is 1. The maximum atomic E-state index is 12.7. The number of aromatic nitrogens is 4. The summed E-state index contributed by atoms with van der Waals surface area (Å²) in [5.41, 5.74) is 7.95. The molecule has 8 heteroatoms. The molecule has 7 rings (SSSR count). The van der Waals surface area contributed by atoms with Crippen LogP contribution in [0.3, 0.4) is 0 Å². The van der Waals surface area contributed by atoms with E-state index in [4.69, 9.17) is 14.7 Å². The molecule has 1 aliphatic rings. The number of ether oxygens (including phenoxy) is 1. The van der Waals surface area contributed by atoms with E-state index in [1.165, 1.54) is 12.7 Å². The number of H-pyrrole nitrogens is 1. The van der Waals surface area contributed by atoms with Crippen LogP contribution in [0, 0.1) is 0 Å². The summed E-state index contributed by atoms with van der Waals surface area (Å²) in [4.78, 5) is 40.6. The number of nitrogens with one attached hydrogen (secondary N) is 1. The highest BCUT2D eigenvalue weighted by molar-refractivity contribution is 6.03. The first-order valence-electron chi connectivity index (χ1n) is 14.5. The fourth-order valence-electron chi connectivity index (χ4n) is 6.15. The van der Waals surface area contributed by atoms with Crippen molar-refractivity contribution >= 4 is 28.0 Å². The number of hydrogen-bond donors (Lipinski definition) is 1. The van der Waals surface area contributed by atoms with Crippen molar-refractivity contribution in [2.45, 2.75) is 25.4 Å². The lowest BCUT2D eigenvalue weighted by atomic mass is 10.0. The maximum Gasteiger partial charge on any atom is 0.340 e. The van der Waals surface area contributed by atoms with Crippen molar-refractivity contribution in [3.63, 3.8) is 0 Å². The number of benzene rings is 4. The van der Waals surface area contributed by atoms with Crippen LogP contribution in [0.15, 0.2) is 102 Å². The Hall–Kier alpha value is -5.08. The SMILES string of the molecule is COC(=O)c1cccc2nc(-c3ccccc3)c(-c3ccc(CN4CCC(n5c(=O)[nH]c6ccccc65)CC4)cc3)nc12. The smallest absolute Gasteiger partial charge is 0.340 e. The van der Waals surface area contributed by atoms with E-state index in [-0.39, 0.29) is 11.7 Å². The number of hydrogen-bond acceptors (Lipinski definition) is 6. The second kappa shape index (κ2) is 11.3. The van der Waals surface area contributed by atoms with Crippen LogP contribution in [-0.4, -0.2) is 50.6 Å². The molecule has 8 nitrogen and oxygen atoms in total. The molecule has 214 valence electrons. The van der Waals surface area contributed by atoms with Gasteiger partial charge in [0, 0.05) is 36.8 Å². The van der Waals surface area contributed by atoms with Crippen LogP contribution in [-0.2, 0) is 11.3 Å². The third kappa shape index (κ3) is 5.10. The summed E-state index contributed by atoms with van der Waals surface area (Å²) in [6, 6.07) is 31.9. The molecule has 3 heterocycles. The molecule has 0 spiro atoms. The van der Waals surface area contributed by atoms with E-state index in [1.54, 1.807) is 12.1 Å². The van der Waals surface area contributed by atoms with E-state index < -0.39 is 5.97 Å². The maximum absolute atomic E-state index is 12.7. The van der Waals surface area contributed by atoms with E-state index in [0.29, 0.717) is 22.3 Å². The van der Waals surface area contributed by atoms with Gasteiger partial charge < -0.3 is 9.72 Å². The largest absolute Gasteiger partial charge is 0.465 e. The zero-order valence-electron chi connectivity index (χ0n) is 23.9. The van der Waals surface area contributed by atoms with Crippen molar-refractivity contribution in [1.29, 1.82) is 0 Å².